The topological polar surface area (TPSA) is 48.1 Å². The summed E-state index contributed by atoms with van der Waals surface area (Å²) in [4.78, 5) is 4.51. The van der Waals surface area contributed by atoms with Crippen molar-refractivity contribution in [1.82, 2.24) is 4.98 Å². The standard InChI is InChI=1S/C15H20N2OS/c1-10-17-13-9-14(12(16)8-15(13)19-10)18-11-6-4-2-3-5-7-11/h8-9,11H,2-7,16H2,1H3. The van der Waals surface area contributed by atoms with Crippen molar-refractivity contribution in [2.24, 2.45) is 0 Å². The van der Waals surface area contributed by atoms with Crippen molar-refractivity contribution in [2.75, 3.05) is 5.73 Å². The Balaban J connectivity index is 1.84. The average Bonchev–Trinajstić information content (AvgIpc) is 2.59. The number of thiazole rings is 1. The first kappa shape index (κ1) is 12.7. The number of aryl methyl sites for hydroxylation is 1. The largest absolute Gasteiger partial charge is 0.488 e. The van der Waals surface area contributed by atoms with Crippen molar-refractivity contribution in [1.29, 1.82) is 0 Å². The number of aromatic nitrogens is 1. The Labute approximate surface area is 117 Å². The third-order valence-corrected chi connectivity index (χ3v) is 4.66. The van der Waals surface area contributed by atoms with Crippen molar-refractivity contribution < 1.29 is 4.74 Å². The Morgan fingerprint density at radius 3 is 2.68 bits per heavy atom. The summed E-state index contributed by atoms with van der Waals surface area (Å²) in [5.41, 5.74) is 7.84. The molecule has 1 aromatic heterocycles. The number of nitrogens with two attached hydrogens (primary N) is 1. The fraction of sp³-hybridized carbons (Fsp3) is 0.533. The van der Waals surface area contributed by atoms with Crippen molar-refractivity contribution >= 4 is 27.2 Å². The zero-order chi connectivity index (χ0) is 13.2. The number of ether oxygens (including phenoxy) is 1. The molecule has 102 valence electrons. The van der Waals surface area contributed by atoms with Gasteiger partial charge >= 0.3 is 0 Å². The molecule has 0 unspecified atom stereocenters. The van der Waals surface area contributed by atoms with Gasteiger partial charge in [-0.25, -0.2) is 4.98 Å². The molecule has 1 aliphatic carbocycles. The summed E-state index contributed by atoms with van der Waals surface area (Å²) in [6.07, 6.45) is 7.81. The van der Waals surface area contributed by atoms with Crippen molar-refractivity contribution in [3.63, 3.8) is 0 Å². The molecule has 1 heterocycles. The molecule has 1 saturated carbocycles. The molecular formula is C15H20N2OS. The van der Waals surface area contributed by atoms with E-state index in [1.165, 1.54) is 25.7 Å². The van der Waals surface area contributed by atoms with E-state index in [0.29, 0.717) is 6.10 Å². The van der Waals surface area contributed by atoms with E-state index >= 15 is 0 Å². The van der Waals surface area contributed by atoms with Crippen LogP contribution in [0.1, 0.15) is 43.5 Å². The molecule has 0 amide bonds. The smallest absolute Gasteiger partial charge is 0.144 e. The van der Waals surface area contributed by atoms with Gasteiger partial charge in [0, 0.05) is 6.07 Å². The minimum atomic E-state index is 0.321. The van der Waals surface area contributed by atoms with Gasteiger partial charge in [-0.3, -0.25) is 0 Å². The highest BCUT2D eigenvalue weighted by atomic mass is 32.1. The van der Waals surface area contributed by atoms with Crippen LogP contribution in [0.5, 0.6) is 5.75 Å². The van der Waals surface area contributed by atoms with Gasteiger partial charge in [0.1, 0.15) is 5.75 Å². The number of nitrogen functional groups attached to an aromatic ring is 1. The molecular weight excluding hydrogens is 256 g/mol. The molecule has 2 N–H and O–H groups in total. The van der Waals surface area contributed by atoms with E-state index in [2.05, 4.69) is 4.98 Å². The first-order chi connectivity index (χ1) is 9.22. The normalized spacial score (nSPS) is 17.5. The average molecular weight is 276 g/mol. The van der Waals surface area contributed by atoms with Crippen LogP contribution in [0.15, 0.2) is 12.1 Å². The predicted molar refractivity (Wildman–Crippen MR) is 80.9 cm³/mol. The second-order valence-corrected chi connectivity index (χ2v) is 6.56. The number of rotatable bonds is 2. The number of hydrogen-bond acceptors (Lipinski definition) is 4. The quantitative estimate of drug-likeness (QED) is 0.657. The lowest BCUT2D eigenvalue weighted by atomic mass is 10.1. The highest BCUT2D eigenvalue weighted by Crippen LogP contribution is 2.33. The van der Waals surface area contributed by atoms with Gasteiger partial charge in [-0.1, -0.05) is 12.8 Å². The fourth-order valence-electron chi connectivity index (χ4n) is 2.73. The van der Waals surface area contributed by atoms with Crippen LogP contribution in [-0.2, 0) is 0 Å². The zero-order valence-electron chi connectivity index (χ0n) is 11.3. The minimum absolute atomic E-state index is 0.321. The van der Waals surface area contributed by atoms with E-state index < -0.39 is 0 Å². The van der Waals surface area contributed by atoms with Gasteiger partial charge in [-0.2, -0.15) is 0 Å². The zero-order valence-corrected chi connectivity index (χ0v) is 12.1. The summed E-state index contributed by atoms with van der Waals surface area (Å²) in [7, 11) is 0. The number of hydrogen-bond donors (Lipinski definition) is 1. The van der Waals surface area contributed by atoms with Gasteiger partial charge < -0.3 is 10.5 Å². The number of benzene rings is 1. The molecule has 1 fully saturated rings. The lowest BCUT2D eigenvalue weighted by molar-refractivity contribution is 0.185. The lowest BCUT2D eigenvalue weighted by Crippen LogP contribution is -2.15. The second kappa shape index (κ2) is 5.37. The SMILES string of the molecule is Cc1nc2cc(OC3CCCCCC3)c(N)cc2s1. The van der Waals surface area contributed by atoms with Gasteiger partial charge in [0.05, 0.1) is 27.0 Å². The van der Waals surface area contributed by atoms with E-state index in [9.17, 15) is 0 Å². The Morgan fingerprint density at radius 1 is 1.21 bits per heavy atom. The molecule has 4 heteroatoms. The molecule has 3 nitrogen and oxygen atoms in total. The highest BCUT2D eigenvalue weighted by Gasteiger charge is 2.16. The maximum atomic E-state index is 6.12. The molecule has 19 heavy (non-hydrogen) atoms. The van der Waals surface area contributed by atoms with E-state index in [1.54, 1.807) is 11.3 Å². The van der Waals surface area contributed by atoms with E-state index in [0.717, 1.165) is 39.5 Å². The van der Waals surface area contributed by atoms with Crippen LogP contribution in [-0.4, -0.2) is 11.1 Å². The summed E-state index contributed by atoms with van der Waals surface area (Å²) in [5, 5.41) is 1.07. The van der Waals surface area contributed by atoms with Gasteiger partial charge in [0.15, 0.2) is 0 Å². The highest BCUT2D eigenvalue weighted by molar-refractivity contribution is 7.18. The Kier molecular flexibility index (Phi) is 3.60. The van der Waals surface area contributed by atoms with Crippen molar-refractivity contribution in [2.45, 2.75) is 51.6 Å². The molecule has 1 aromatic carbocycles. The Hall–Kier alpha value is -1.29. The Bertz CT molecular complexity index is 571. The summed E-state index contributed by atoms with van der Waals surface area (Å²) < 4.78 is 7.26. The van der Waals surface area contributed by atoms with E-state index in [-0.39, 0.29) is 0 Å². The van der Waals surface area contributed by atoms with Crippen LogP contribution in [0.3, 0.4) is 0 Å². The molecule has 0 atom stereocenters. The van der Waals surface area contributed by atoms with Gasteiger partial charge in [0.2, 0.25) is 0 Å². The third-order valence-electron chi connectivity index (χ3n) is 3.72. The second-order valence-electron chi connectivity index (χ2n) is 5.32. The summed E-state index contributed by atoms with van der Waals surface area (Å²) in [6.45, 7) is 2.02. The number of fused-ring (bicyclic) bond motifs is 1. The van der Waals surface area contributed by atoms with Gasteiger partial charge in [0.25, 0.3) is 0 Å². The van der Waals surface area contributed by atoms with Gasteiger partial charge in [-0.05, 0) is 38.7 Å². The minimum Gasteiger partial charge on any atom is -0.488 e. The molecule has 0 spiro atoms. The van der Waals surface area contributed by atoms with Crippen LogP contribution in [0.4, 0.5) is 5.69 Å². The van der Waals surface area contributed by atoms with Crippen LogP contribution in [0.2, 0.25) is 0 Å². The molecule has 0 aliphatic heterocycles. The molecule has 3 rings (SSSR count). The van der Waals surface area contributed by atoms with Crippen molar-refractivity contribution in [3.8, 4) is 5.75 Å². The third kappa shape index (κ3) is 2.84. The van der Waals surface area contributed by atoms with Crippen LogP contribution < -0.4 is 10.5 Å². The summed E-state index contributed by atoms with van der Waals surface area (Å²) >= 11 is 1.68. The maximum Gasteiger partial charge on any atom is 0.144 e. The molecule has 0 saturated heterocycles. The van der Waals surface area contributed by atoms with E-state index in [4.69, 9.17) is 10.5 Å². The molecule has 0 radical (unpaired) electrons. The summed E-state index contributed by atoms with van der Waals surface area (Å²) in [5.74, 6) is 0.810. The summed E-state index contributed by atoms with van der Waals surface area (Å²) in [6, 6.07) is 3.99. The molecule has 2 aromatic rings. The van der Waals surface area contributed by atoms with Gasteiger partial charge in [-0.15, -0.1) is 11.3 Å². The first-order valence-corrected chi connectivity index (χ1v) is 7.87. The monoisotopic (exact) mass is 276 g/mol. The number of nitrogens with zero attached hydrogens (tertiary/aromatic N) is 1. The predicted octanol–water partition coefficient (Wildman–Crippen LogP) is 4.29. The lowest BCUT2D eigenvalue weighted by Gasteiger charge is -2.18. The van der Waals surface area contributed by atoms with Crippen LogP contribution >= 0.6 is 11.3 Å². The van der Waals surface area contributed by atoms with Crippen LogP contribution in [0.25, 0.3) is 10.2 Å². The van der Waals surface area contributed by atoms with Crippen molar-refractivity contribution in [3.05, 3.63) is 17.1 Å². The number of anilines is 1. The Morgan fingerprint density at radius 2 is 1.95 bits per heavy atom. The van der Waals surface area contributed by atoms with Crippen LogP contribution in [0, 0.1) is 6.92 Å². The molecule has 1 aliphatic rings. The fourth-order valence-corrected chi connectivity index (χ4v) is 3.58. The molecule has 0 bridgehead atoms. The maximum absolute atomic E-state index is 6.12. The van der Waals surface area contributed by atoms with E-state index in [1.807, 2.05) is 19.1 Å². The first-order valence-electron chi connectivity index (χ1n) is 7.06.